The van der Waals surface area contributed by atoms with Gasteiger partial charge in [-0.15, -0.1) is 0 Å². The zero-order chi connectivity index (χ0) is 14.5. The Hall–Kier alpha value is -1.62. The molecule has 0 spiro atoms. The van der Waals surface area contributed by atoms with Crippen LogP contribution >= 0.6 is 11.6 Å². The predicted molar refractivity (Wildman–Crippen MR) is 68.4 cm³/mol. The van der Waals surface area contributed by atoms with Crippen LogP contribution < -0.4 is 4.72 Å². The molecule has 6 nitrogen and oxygen atoms in total. The fourth-order valence-electron chi connectivity index (χ4n) is 1.29. The van der Waals surface area contributed by atoms with Gasteiger partial charge >= 0.3 is 5.97 Å². The van der Waals surface area contributed by atoms with Gasteiger partial charge in [0.1, 0.15) is 0 Å². The fourth-order valence-corrected chi connectivity index (χ4v) is 2.59. The smallest absolute Gasteiger partial charge is 0.337 e. The summed E-state index contributed by atoms with van der Waals surface area (Å²) in [6.07, 6.45) is 0.624. The molecule has 0 aliphatic carbocycles. The number of hydrogen-bond donors (Lipinski definition) is 2. The Balaban J connectivity index is 2.93. The molecule has 0 unspecified atom stereocenters. The zero-order valence-electron chi connectivity index (χ0n) is 9.76. The Morgan fingerprint density at radius 1 is 1.47 bits per heavy atom. The number of carboxylic acids is 1. The van der Waals surface area contributed by atoms with Crippen LogP contribution in [0.4, 0.5) is 0 Å². The predicted octanol–water partition coefficient (Wildman–Crippen LogP) is 1.62. The third kappa shape index (κ3) is 4.21. The highest BCUT2D eigenvalue weighted by Crippen LogP contribution is 2.20. The van der Waals surface area contributed by atoms with Gasteiger partial charge in [0.15, 0.2) is 0 Å². The summed E-state index contributed by atoms with van der Waals surface area (Å²) in [7, 11) is -3.79. The van der Waals surface area contributed by atoms with Crippen molar-refractivity contribution in [2.75, 3.05) is 6.54 Å². The van der Waals surface area contributed by atoms with E-state index in [4.69, 9.17) is 22.0 Å². The summed E-state index contributed by atoms with van der Waals surface area (Å²) < 4.78 is 26.0. The molecule has 0 amide bonds. The van der Waals surface area contributed by atoms with Crippen molar-refractivity contribution in [3.05, 3.63) is 28.8 Å². The standard InChI is InChI=1S/C11H11ClN2O4S/c12-10-4-3-8(7-9(10)11(15)16)19(17,18)14-6-2-1-5-13/h3-4,7,14H,1-2,6H2,(H,15,16). The van der Waals surface area contributed by atoms with E-state index in [-0.39, 0.29) is 28.4 Å². The van der Waals surface area contributed by atoms with Crippen LogP contribution in [0.1, 0.15) is 23.2 Å². The average molecular weight is 303 g/mol. The molecule has 0 atom stereocenters. The van der Waals surface area contributed by atoms with Gasteiger partial charge in [-0.25, -0.2) is 17.9 Å². The van der Waals surface area contributed by atoms with Gasteiger partial charge in [0.25, 0.3) is 0 Å². The molecule has 0 heterocycles. The first-order valence-electron chi connectivity index (χ1n) is 5.28. The number of hydrogen-bond acceptors (Lipinski definition) is 4. The lowest BCUT2D eigenvalue weighted by atomic mass is 10.2. The van der Waals surface area contributed by atoms with E-state index in [9.17, 15) is 13.2 Å². The Bertz CT molecular complexity index is 622. The molecule has 102 valence electrons. The van der Waals surface area contributed by atoms with Crippen molar-refractivity contribution in [1.82, 2.24) is 4.72 Å². The van der Waals surface area contributed by atoms with Crippen LogP contribution in [0, 0.1) is 11.3 Å². The third-order valence-corrected chi connectivity index (χ3v) is 4.02. The molecule has 0 aromatic heterocycles. The first-order valence-corrected chi connectivity index (χ1v) is 7.14. The number of aromatic carboxylic acids is 1. The van der Waals surface area contributed by atoms with E-state index in [1.807, 2.05) is 6.07 Å². The molecule has 2 N–H and O–H groups in total. The van der Waals surface area contributed by atoms with Gasteiger partial charge in [0, 0.05) is 13.0 Å². The minimum absolute atomic E-state index is 0.0315. The normalized spacial score (nSPS) is 10.9. The van der Waals surface area contributed by atoms with Crippen LogP contribution in [0.2, 0.25) is 5.02 Å². The summed E-state index contributed by atoms with van der Waals surface area (Å²) in [6, 6.07) is 5.33. The SMILES string of the molecule is N#CCCCNS(=O)(=O)c1ccc(Cl)c(C(=O)O)c1. The molecule has 0 fully saturated rings. The van der Waals surface area contributed by atoms with E-state index in [1.165, 1.54) is 12.1 Å². The van der Waals surface area contributed by atoms with Crippen LogP contribution in [0.15, 0.2) is 23.1 Å². The number of halogens is 1. The maximum Gasteiger partial charge on any atom is 0.337 e. The summed E-state index contributed by atoms with van der Waals surface area (Å²) in [6.45, 7) is 0.112. The molecule has 8 heteroatoms. The second-order valence-electron chi connectivity index (χ2n) is 3.61. The van der Waals surface area contributed by atoms with E-state index in [2.05, 4.69) is 4.72 Å². The van der Waals surface area contributed by atoms with Crippen molar-refractivity contribution >= 4 is 27.6 Å². The number of carbonyl (C=O) groups is 1. The van der Waals surface area contributed by atoms with Gasteiger partial charge in [-0.2, -0.15) is 5.26 Å². The lowest BCUT2D eigenvalue weighted by Gasteiger charge is -2.07. The van der Waals surface area contributed by atoms with E-state index < -0.39 is 16.0 Å². The molecule has 0 radical (unpaired) electrons. The molecule has 19 heavy (non-hydrogen) atoms. The highest BCUT2D eigenvalue weighted by Gasteiger charge is 2.17. The van der Waals surface area contributed by atoms with E-state index in [0.29, 0.717) is 6.42 Å². The van der Waals surface area contributed by atoms with Crippen molar-refractivity contribution < 1.29 is 18.3 Å². The molecular weight excluding hydrogens is 292 g/mol. The molecule has 1 aromatic rings. The van der Waals surface area contributed by atoms with E-state index in [0.717, 1.165) is 6.07 Å². The number of benzene rings is 1. The maximum absolute atomic E-state index is 11.9. The summed E-state index contributed by atoms with van der Waals surface area (Å²) in [5, 5.41) is 17.2. The molecule has 0 saturated carbocycles. The van der Waals surface area contributed by atoms with Crippen LogP contribution in [0.5, 0.6) is 0 Å². The summed E-state index contributed by atoms with van der Waals surface area (Å²) in [5.74, 6) is -1.30. The Kier molecular flexibility index (Phi) is 5.30. The first-order chi connectivity index (χ1) is 8.88. The number of carboxylic acid groups (broad SMARTS) is 1. The summed E-state index contributed by atoms with van der Waals surface area (Å²) >= 11 is 5.65. The highest BCUT2D eigenvalue weighted by molar-refractivity contribution is 7.89. The van der Waals surface area contributed by atoms with Crippen molar-refractivity contribution in [2.45, 2.75) is 17.7 Å². The van der Waals surface area contributed by atoms with Crippen LogP contribution in [-0.2, 0) is 10.0 Å². The molecule has 1 aromatic carbocycles. The lowest BCUT2D eigenvalue weighted by molar-refractivity contribution is 0.0697. The molecular formula is C11H11ClN2O4S. The summed E-state index contributed by atoms with van der Waals surface area (Å²) in [5.41, 5.74) is -0.276. The Labute approximate surface area is 115 Å². The quantitative estimate of drug-likeness (QED) is 0.776. The molecule has 0 aliphatic rings. The van der Waals surface area contributed by atoms with Crippen molar-refractivity contribution in [2.24, 2.45) is 0 Å². The average Bonchev–Trinajstić information content (AvgIpc) is 2.34. The molecule has 0 aliphatic heterocycles. The Morgan fingerprint density at radius 2 is 2.16 bits per heavy atom. The topological polar surface area (TPSA) is 107 Å². The highest BCUT2D eigenvalue weighted by atomic mass is 35.5. The van der Waals surface area contributed by atoms with Crippen LogP contribution in [0.25, 0.3) is 0 Å². The first kappa shape index (κ1) is 15.4. The van der Waals surface area contributed by atoms with Crippen LogP contribution in [0.3, 0.4) is 0 Å². The van der Waals surface area contributed by atoms with Crippen molar-refractivity contribution in [3.8, 4) is 6.07 Å². The van der Waals surface area contributed by atoms with Gasteiger partial charge in [0.2, 0.25) is 10.0 Å². The second-order valence-corrected chi connectivity index (χ2v) is 5.78. The minimum Gasteiger partial charge on any atom is -0.478 e. The second kappa shape index (κ2) is 6.52. The molecule has 0 saturated heterocycles. The third-order valence-electron chi connectivity index (χ3n) is 2.24. The van der Waals surface area contributed by atoms with Gasteiger partial charge in [-0.1, -0.05) is 11.6 Å². The van der Waals surface area contributed by atoms with Gasteiger partial charge in [0.05, 0.1) is 21.6 Å². The van der Waals surface area contributed by atoms with Crippen molar-refractivity contribution in [1.29, 1.82) is 5.26 Å². The number of nitriles is 1. The van der Waals surface area contributed by atoms with E-state index >= 15 is 0 Å². The Morgan fingerprint density at radius 3 is 2.74 bits per heavy atom. The largest absolute Gasteiger partial charge is 0.478 e. The van der Waals surface area contributed by atoms with Gasteiger partial charge < -0.3 is 5.11 Å². The zero-order valence-corrected chi connectivity index (χ0v) is 11.3. The van der Waals surface area contributed by atoms with Gasteiger partial charge in [-0.3, -0.25) is 0 Å². The molecule has 0 bridgehead atoms. The maximum atomic E-state index is 11.9. The number of rotatable bonds is 6. The van der Waals surface area contributed by atoms with E-state index in [1.54, 1.807) is 0 Å². The number of sulfonamides is 1. The number of unbranched alkanes of at least 4 members (excludes halogenated alkanes) is 1. The monoisotopic (exact) mass is 302 g/mol. The van der Waals surface area contributed by atoms with Crippen molar-refractivity contribution in [3.63, 3.8) is 0 Å². The number of nitrogens with one attached hydrogen (secondary N) is 1. The molecule has 1 rings (SSSR count). The lowest BCUT2D eigenvalue weighted by Crippen LogP contribution is -2.25. The summed E-state index contributed by atoms with van der Waals surface area (Å²) in [4.78, 5) is 10.7. The van der Waals surface area contributed by atoms with Crippen LogP contribution in [-0.4, -0.2) is 26.0 Å². The minimum atomic E-state index is -3.79. The van der Waals surface area contributed by atoms with Gasteiger partial charge in [-0.05, 0) is 24.6 Å². The number of nitrogens with zero attached hydrogens (tertiary/aromatic N) is 1. The fraction of sp³-hybridized carbons (Fsp3) is 0.273.